The van der Waals surface area contributed by atoms with E-state index in [0.717, 1.165) is 10.8 Å². The molecular weight excluding hydrogens is 177 g/mol. The number of hydrogen-bond donors (Lipinski definition) is 0. The largest absolute Gasteiger partial charge is 0.262 e. The fraction of sp³-hybridized carbons (Fsp3) is 0.0833. The molecule has 2 heteroatoms. The van der Waals surface area contributed by atoms with Crippen LogP contribution in [0.5, 0.6) is 0 Å². The highest BCUT2D eigenvalue weighted by Gasteiger charge is 2.07. The van der Waals surface area contributed by atoms with Gasteiger partial charge < -0.3 is 0 Å². The normalized spacial score (nSPS) is 10.4. The maximum Gasteiger partial charge on any atom is 0.152 e. The van der Waals surface area contributed by atoms with Crippen molar-refractivity contribution in [1.29, 1.82) is 0 Å². The lowest BCUT2D eigenvalue weighted by molar-refractivity contribution is 0.623. The summed E-state index contributed by atoms with van der Waals surface area (Å²) in [4.78, 5) is 3.66. The molecule has 0 unspecified atom stereocenters. The summed E-state index contributed by atoms with van der Waals surface area (Å²) in [5.41, 5.74) is 0.951. The predicted molar refractivity (Wildman–Crippen MR) is 57.9 cm³/mol. The van der Waals surface area contributed by atoms with Crippen molar-refractivity contribution in [3.8, 4) is 0 Å². The minimum atomic E-state index is -0.279. The summed E-state index contributed by atoms with van der Waals surface area (Å²) in [7, 11) is 0. The van der Waals surface area contributed by atoms with Crippen LogP contribution in [0, 0.1) is 12.7 Å². The van der Waals surface area contributed by atoms with Crippen molar-refractivity contribution in [2.75, 3.05) is 0 Å². The van der Waals surface area contributed by atoms with E-state index in [4.69, 9.17) is 0 Å². The quantitative estimate of drug-likeness (QED) is 0.604. The number of aliphatic imine (C=N–C) groups is 1. The molecule has 0 aliphatic rings. The number of fused-ring (bicyclic) bond motifs is 1. The SMILES string of the molecule is C=Nc1cc2ccccc2c(C)c1F. The summed E-state index contributed by atoms with van der Waals surface area (Å²) in [5, 5.41) is 1.92. The second kappa shape index (κ2) is 3.22. The molecule has 0 aromatic heterocycles. The van der Waals surface area contributed by atoms with Gasteiger partial charge in [-0.15, -0.1) is 0 Å². The number of aryl methyl sites for hydroxylation is 1. The molecule has 70 valence electrons. The van der Waals surface area contributed by atoms with Crippen molar-refractivity contribution in [1.82, 2.24) is 0 Å². The molecule has 0 amide bonds. The number of hydrogen-bond acceptors (Lipinski definition) is 1. The monoisotopic (exact) mass is 187 g/mol. The van der Waals surface area contributed by atoms with E-state index >= 15 is 0 Å². The second-order valence-electron chi connectivity index (χ2n) is 3.21. The minimum absolute atomic E-state index is 0.279. The maximum absolute atomic E-state index is 13.6. The molecule has 2 aromatic carbocycles. The van der Waals surface area contributed by atoms with Crippen LogP contribution in [0.15, 0.2) is 35.3 Å². The highest BCUT2D eigenvalue weighted by molar-refractivity contribution is 5.88. The average Bonchev–Trinajstić information content (AvgIpc) is 2.23. The van der Waals surface area contributed by atoms with Crippen LogP contribution in [-0.4, -0.2) is 6.72 Å². The summed E-state index contributed by atoms with van der Waals surface area (Å²) < 4.78 is 13.6. The second-order valence-corrected chi connectivity index (χ2v) is 3.21. The number of rotatable bonds is 1. The van der Waals surface area contributed by atoms with E-state index in [-0.39, 0.29) is 5.82 Å². The van der Waals surface area contributed by atoms with Crippen molar-refractivity contribution in [2.45, 2.75) is 6.92 Å². The lowest BCUT2D eigenvalue weighted by Crippen LogP contribution is -1.85. The van der Waals surface area contributed by atoms with Gasteiger partial charge in [0.1, 0.15) is 0 Å². The molecule has 14 heavy (non-hydrogen) atoms. The molecule has 0 saturated carbocycles. The molecule has 0 saturated heterocycles. The Labute approximate surface area is 81.9 Å². The van der Waals surface area contributed by atoms with E-state index < -0.39 is 0 Å². The fourth-order valence-electron chi connectivity index (χ4n) is 1.60. The zero-order chi connectivity index (χ0) is 10.1. The van der Waals surface area contributed by atoms with Gasteiger partial charge in [0, 0.05) is 0 Å². The first-order valence-corrected chi connectivity index (χ1v) is 4.38. The van der Waals surface area contributed by atoms with Crippen LogP contribution in [-0.2, 0) is 0 Å². The zero-order valence-electron chi connectivity index (χ0n) is 7.92. The number of halogens is 1. The molecule has 0 bridgehead atoms. The fourth-order valence-corrected chi connectivity index (χ4v) is 1.60. The van der Waals surface area contributed by atoms with E-state index in [2.05, 4.69) is 11.7 Å². The molecule has 0 atom stereocenters. The molecule has 0 radical (unpaired) electrons. The lowest BCUT2D eigenvalue weighted by atomic mass is 10.0. The van der Waals surface area contributed by atoms with E-state index in [1.807, 2.05) is 24.3 Å². The molecular formula is C12H10FN. The van der Waals surface area contributed by atoms with Gasteiger partial charge in [-0.25, -0.2) is 4.39 Å². The molecule has 0 spiro atoms. The van der Waals surface area contributed by atoms with Crippen molar-refractivity contribution in [3.05, 3.63) is 41.7 Å². The van der Waals surface area contributed by atoms with E-state index in [1.165, 1.54) is 0 Å². The van der Waals surface area contributed by atoms with Gasteiger partial charge in [0.25, 0.3) is 0 Å². The van der Waals surface area contributed by atoms with Gasteiger partial charge in [-0.1, -0.05) is 24.3 Å². The van der Waals surface area contributed by atoms with Crippen LogP contribution in [0.2, 0.25) is 0 Å². The third-order valence-electron chi connectivity index (χ3n) is 2.38. The summed E-state index contributed by atoms with van der Waals surface area (Å²) >= 11 is 0. The van der Waals surface area contributed by atoms with Crippen LogP contribution in [0.3, 0.4) is 0 Å². The summed E-state index contributed by atoms with van der Waals surface area (Å²) in [5.74, 6) is -0.279. The Morgan fingerprint density at radius 3 is 2.71 bits per heavy atom. The minimum Gasteiger partial charge on any atom is -0.262 e. The first kappa shape index (κ1) is 8.88. The maximum atomic E-state index is 13.6. The third kappa shape index (κ3) is 1.20. The zero-order valence-corrected chi connectivity index (χ0v) is 7.92. The number of benzene rings is 2. The third-order valence-corrected chi connectivity index (χ3v) is 2.38. The van der Waals surface area contributed by atoms with Gasteiger partial charge in [-0.05, 0) is 36.0 Å². The Morgan fingerprint density at radius 2 is 2.00 bits per heavy atom. The Morgan fingerprint density at radius 1 is 1.29 bits per heavy atom. The van der Waals surface area contributed by atoms with Gasteiger partial charge in [0.05, 0.1) is 5.69 Å². The lowest BCUT2D eigenvalue weighted by Gasteiger charge is -2.05. The highest BCUT2D eigenvalue weighted by Crippen LogP contribution is 2.28. The van der Waals surface area contributed by atoms with Gasteiger partial charge in [0.15, 0.2) is 5.82 Å². The van der Waals surface area contributed by atoms with Gasteiger partial charge >= 0.3 is 0 Å². The van der Waals surface area contributed by atoms with E-state index in [9.17, 15) is 4.39 Å². The van der Waals surface area contributed by atoms with Crippen LogP contribution in [0.1, 0.15) is 5.56 Å². The van der Waals surface area contributed by atoms with E-state index in [1.54, 1.807) is 13.0 Å². The van der Waals surface area contributed by atoms with Gasteiger partial charge in [-0.3, -0.25) is 4.99 Å². The molecule has 0 fully saturated rings. The van der Waals surface area contributed by atoms with Gasteiger partial charge in [0.2, 0.25) is 0 Å². The molecule has 0 heterocycles. The highest BCUT2D eigenvalue weighted by atomic mass is 19.1. The van der Waals surface area contributed by atoms with Crippen molar-refractivity contribution in [3.63, 3.8) is 0 Å². The van der Waals surface area contributed by atoms with Crippen LogP contribution in [0.25, 0.3) is 10.8 Å². The Bertz CT molecular complexity index is 503. The topological polar surface area (TPSA) is 12.4 Å². The van der Waals surface area contributed by atoms with Crippen molar-refractivity contribution < 1.29 is 4.39 Å². The molecule has 0 N–H and O–H groups in total. The first-order valence-electron chi connectivity index (χ1n) is 4.38. The molecule has 0 aliphatic carbocycles. The Hall–Kier alpha value is -1.70. The Balaban J connectivity index is 2.91. The van der Waals surface area contributed by atoms with Crippen molar-refractivity contribution >= 4 is 23.2 Å². The molecule has 2 aromatic rings. The van der Waals surface area contributed by atoms with Crippen LogP contribution >= 0.6 is 0 Å². The summed E-state index contributed by atoms with van der Waals surface area (Å²) in [6.07, 6.45) is 0. The van der Waals surface area contributed by atoms with E-state index in [0.29, 0.717) is 11.3 Å². The molecule has 2 rings (SSSR count). The standard InChI is InChI=1S/C12H10FN/c1-8-10-6-4-3-5-9(10)7-11(14-2)12(8)13/h3-7H,2H2,1H3. The van der Waals surface area contributed by atoms with Crippen LogP contribution in [0.4, 0.5) is 10.1 Å². The molecule has 0 aliphatic heterocycles. The summed E-state index contributed by atoms with van der Waals surface area (Å²) in [6.45, 7) is 5.11. The number of nitrogens with zero attached hydrogens (tertiary/aromatic N) is 1. The smallest absolute Gasteiger partial charge is 0.152 e. The average molecular weight is 187 g/mol. The van der Waals surface area contributed by atoms with Crippen molar-refractivity contribution in [2.24, 2.45) is 4.99 Å². The van der Waals surface area contributed by atoms with Gasteiger partial charge in [-0.2, -0.15) is 0 Å². The summed E-state index contributed by atoms with van der Waals surface area (Å²) in [6, 6.07) is 9.38. The predicted octanol–water partition coefficient (Wildman–Crippen LogP) is 3.62. The first-order chi connectivity index (χ1) is 6.74. The molecule has 1 nitrogen and oxygen atoms in total. The Kier molecular flexibility index (Phi) is 2.04. The van der Waals surface area contributed by atoms with Crippen LogP contribution < -0.4 is 0 Å².